The summed E-state index contributed by atoms with van der Waals surface area (Å²) < 4.78 is 25.8. The Morgan fingerprint density at radius 1 is 1.12 bits per heavy atom. The van der Waals surface area contributed by atoms with Crippen molar-refractivity contribution in [3.8, 4) is 0 Å². The Bertz CT molecular complexity index is 985. The number of fused-ring (bicyclic) bond motifs is 1. The second kappa shape index (κ2) is 6.07. The Hall–Kier alpha value is -2.11. The molecule has 0 saturated carbocycles. The summed E-state index contributed by atoms with van der Waals surface area (Å²) in [5, 5.41) is 11.5. The third kappa shape index (κ3) is 2.64. The number of nitrogens with one attached hydrogen (secondary N) is 1. The van der Waals surface area contributed by atoms with E-state index in [4.69, 9.17) is 0 Å². The first-order chi connectivity index (χ1) is 11.4. The number of aliphatic hydroxyl groups is 1. The molecule has 0 aliphatic carbocycles. The van der Waals surface area contributed by atoms with Gasteiger partial charge in [-0.2, -0.15) is 0 Å². The molecule has 5 heteroatoms. The van der Waals surface area contributed by atoms with E-state index in [9.17, 15) is 13.5 Å². The van der Waals surface area contributed by atoms with Crippen LogP contribution < -0.4 is 0 Å². The molecule has 2 N–H and O–H groups in total. The molecule has 1 unspecified atom stereocenters. The van der Waals surface area contributed by atoms with E-state index >= 15 is 0 Å². The molecule has 0 amide bonds. The van der Waals surface area contributed by atoms with E-state index in [1.54, 1.807) is 30.5 Å². The van der Waals surface area contributed by atoms with Gasteiger partial charge in [-0.05, 0) is 49.6 Å². The zero-order valence-electron chi connectivity index (χ0n) is 14.0. The highest BCUT2D eigenvalue weighted by Crippen LogP contribution is 2.35. The van der Waals surface area contributed by atoms with Gasteiger partial charge in [0.1, 0.15) is 0 Å². The molecule has 1 heterocycles. The molecule has 0 aliphatic rings. The van der Waals surface area contributed by atoms with Crippen molar-refractivity contribution in [3.63, 3.8) is 0 Å². The van der Waals surface area contributed by atoms with E-state index in [2.05, 4.69) is 4.98 Å². The van der Waals surface area contributed by atoms with Crippen molar-refractivity contribution in [1.82, 2.24) is 4.98 Å². The average Bonchev–Trinajstić information content (AvgIpc) is 3.04. The number of hydrogen-bond acceptors (Lipinski definition) is 3. The molecule has 0 spiro atoms. The Morgan fingerprint density at radius 2 is 1.79 bits per heavy atom. The lowest BCUT2D eigenvalue weighted by Crippen LogP contribution is -2.15. The fraction of sp³-hybridized carbons (Fsp3) is 0.263. The molecule has 4 nitrogen and oxygen atoms in total. The van der Waals surface area contributed by atoms with Gasteiger partial charge in [0.05, 0.1) is 4.90 Å². The Morgan fingerprint density at radius 3 is 2.42 bits per heavy atom. The molecule has 3 aromatic rings. The summed E-state index contributed by atoms with van der Waals surface area (Å²) in [6, 6.07) is 10.3. The topological polar surface area (TPSA) is 70.2 Å². The maximum absolute atomic E-state index is 12.9. The summed E-state index contributed by atoms with van der Waals surface area (Å²) in [6.07, 6.45) is 2.42. The number of aromatic nitrogens is 1. The predicted octanol–water partition coefficient (Wildman–Crippen LogP) is 3.81. The number of H-pyrrole nitrogens is 1. The van der Waals surface area contributed by atoms with E-state index in [1.165, 1.54) is 0 Å². The predicted molar refractivity (Wildman–Crippen MR) is 95.7 cm³/mol. The fourth-order valence-corrected chi connectivity index (χ4v) is 4.46. The van der Waals surface area contributed by atoms with Crippen LogP contribution in [-0.4, -0.2) is 18.5 Å². The number of rotatable bonds is 4. The Kier molecular flexibility index (Phi) is 4.24. The molecular weight excluding hydrogens is 322 g/mol. The zero-order valence-corrected chi connectivity index (χ0v) is 14.8. The van der Waals surface area contributed by atoms with Crippen LogP contribution in [0.5, 0.6) is 0 Å². The fourth-order valence-electron chi connectivity index (χ4n) is 3.10. The third-order valence-electron chi connectivity index (χ3n) is 4.44. The molecule has 1 atom stereocenters. The van der Waals surface area contributed by atoms with E-state index < -0.39 is 15.3 Å². The zero-order chi connectivity index (χ0) is 17.5. The van der Waals surface area contributed by atoms with E-state index in [1.807, 2.05) is 32.9 Å². The molecular formula is C19H21NO3S. The molecule has 0 bridgehead atoms. The monoisotopic (exact) mass is 343 g/mol. The maximum atomic E-state index is 12.9. The normalized spacial score (nSPS) is 13.3. The summed E-state index contributed by atoms with van der Waals surface area (Å²) >= 11 is 0. The smallest absolute Gasteiger partial charge is 0.209 e. The molecule has 0 aliphatic heterocycles. The maximum Gasteiger partial charge on any atom is 0.209 e. The first kappa shape index (κ1) is 16.7. The lowest BCUT2D eigenvalue weighted by Gasteiger charge is -2.18. The van der Waals surface area contributed by atoms with Crippen molar-refractivity contribution in [2.24, 2.45) is 0 Å². The van der Waals surface area contributed by atoms with Crippen molar-refractivity contribution in [3.05, 3.63) is 64.8 Å². The van der Waals surface area contributed by atoms with Gasteiger partial charge in [-0.25, -0.2) is 8.42 Å². The summed E-state index contributed by atoms with van der Waals surface area (Å²) in [6.45, 7) is 5.83. The number of aryl methyl sites for hydroxylation is 3. The van der Waals surface area contributed by atoms with Crippen LogP contribution in [0.1, 0.15) is 34.6 Å². The van der Waals surface area contributed by atoms with Crippen LogP contribution >= 0.6 is 0 Å². The minimum atomic E-state index is -3.88. The Labute approximate surface area is 142 Å². The van der Waals surface area contributed by atoms with Gasteiger partial charge in [0.25, 0.3) is 0 Å². The van der Waals surface area contributed by atoms with Crippen molar-refractivity contribution in [1.29, 1.82) is 0 Å². The van der Waals surface area contributed by atoms with E-state index in [0.717, 1.165) is 27.6 Å². The van der Waals surface area contributed by atoms with Crippen molar-refractivity contribution in [2.45, 2.75) is 37.5 Å². The average molecular weight is 343 g/mol. The third-order valence-corrected chi connectivity index (χ3v) is 6.19. The molecule has 2 aromatic carbocycles. The largest absolute Gasteiger partial charge is 0.373 e. The minimum absolute atomic E-state index is 0.131. The quantitative estimate of drug-likeness (QED) is 0.757. The van der Waals surface area contributed by atoms with Crippen molar-refractivity contribution in [2.75, 3.05) is 0 Å². The van der Waals surface area contributed by atoms with Crippen molar-refractivity contribution < 1.29 is 13.5 Å². The van der Waals surface area contributed by atoms with Crippen LogP contribution in [0.25, 0.3) is 10.9 Å². The van der Waals surface area contributed by atoms with Gasteiger partial charge in [0, 0.05) is 22.7 Å². The minimum Gasteiger partial charge on any atom is -0.373 e. The second-order valence-electron chi connectivity index (χ2n) is 6.10. The number of sulfone groups is 1. The van der Waals surface area contributed by atoms with Crippen LogP contribution in [0.15, 0.2) is 47.5 Å². The van der Waals surface area contributed by atoms with Crippen LogP contribution in [-0.2, 0) is 16.3 Å². The molecule has 3 rings (SSSR count). The Balaban J connectivity index is 2.21. The van der Waals surface area contributed by atoms with Crippen LogP contribution in [0, 0.1) is 13.8 Å². The molecule has 24 heavy (non-hydrogen) atoms. The highest BCUT2D eigenvalue weighted by Gasteiger charge is 2.30. The van der Waals surface area contributed by atoms with Gasteiger partial charge in [-0.3, -0.25) is 0 Å². The second-order valence-corrected chi connectivity index (χ2v) is 8.10. The molecule has 1 aromatic heterocycles. The summed E-state index contributed by atoms with van der Waals surface area (Å²) in [7, 11) is -3.88. The van der Waals surface area contributed by atoms with Gasteiger partial charge in [-0.15, -0.1) is 0 Å². The highest BCUT2D eigenvalue weighted by atomic mass is 32.2. The molecule has 0 saturated heterocycles. The number of aliphatic hydroxyl groups excluding tert-OH is 1. The first-order valence-corrected chi connectivity index (χ1v) is 9.49. The highest BCUT2D eigenvalue weighted by molar-refractivity contribution is 7.91. The van der Waals surface area contributed by atoms with Gasteiger partial charge < -0.3 is 10.1 Å². The summed E-state index contributed by atoms with van der Waals surface area (Å²) in [4.78, 5) is 3.26. The van der Waals surface area contributed by atoms with E-state index in [0.29, 0.717) is 12.0 Å². The van der Waals surface area contributed by atoms with Gasteiger partial charge in [0.2, 0.25) is 9.84 Å². The standard InChI is InChI=1S/C19H21NO3S/c1-4-14-11-13(3)18-16(9-10-20-18)17(14)19(21)24(22,23)15-7-5-12(2)6-8-15/h5-11,19-21H,4H2,1-3H3. The SMILES string of the molecule is CCc1cc(C)c2[nH]ccc2c1C(O)S(=O)(=O)c1ccc(C)cc1. The van der Waals surface area contributed by atoms with E-state index in [-0.39, 0.29) is 4.90 Å². The van der Waals surface area contributed by atoms with Crippen molar-refractivity contribution >= 4 is 20.7 Å². The van der Waals surface area contributed by atoms with Gasteiger partial charge in [0.15, 0.2) is 5.44 Å². The molecule has 0 fully saturated rings. The first-order valence-electron chi connectivity index (χ1n) is 7.94. The number of hydrogen-bond donors (Lipinski definition) is 2. The summed E-state index contributed by atoms with van der Waals surface area (Å²) in [5.41, 5.74) is 2.61. The van der Waals surface area contributed by atoms with Gasteiger partial charge >= 0.3 is 0 Å². The molecule has 0 radical (unpaired) electrons. The summed E-state index contributed by atoms with van der Waals surface area (Å²) in [5.74, 6) is 0. The van der Waals surface area contributed by atoms with Crippen LogP contribution in [0.3, 0.4) is 0 Å². The lowest BCUT2D eigenvalue weighted by molar-refractivity contribution is 0.255. The molecule has 126 valence electrons. The lowest BCUT2D eigenvalue weighted by atomic mass is 9.98. The van der Waals surface area contributed by atoms with Gasteiger partial charge in [-0.1, -0.05) is 30.7 Å². The number of aromatic amines is 1. The number of benzene rings is 2. The van der Waals surface area contributed by atoms with Crippen LogP contribution in [0.2, 0.25) is 0 Å². The van der Waals surface area contributed by atoms with Crippen LogP contribution in [0.4, 0.5) is 0 Å².